The molecule has 0 aliphatic carbocycles. The summed E-state index contributed by atoms with van der Waals surface area (Å²) in [5.41, 5.74) is -0.548. The molecule has 0 saturated carbocycles. The highest BCUT2D eigenvalue weighted by atomic mass is 19.4. The van der Waals surface area contributed by atoms with Crippen molar-refractivity contribution in [2.24, 2.45) is 0 Å². The lowest BCUT2D eigenvalue weighted by Crippen LogP contribution is -2.32. The molecule has 0 unspecified atom stereocenters. The van der Waals surface area contributed by atoms with Gasteiger partial charge >= 0.3 is 6.18 Å². The topological polar surface area (TPSA) is 88.2 Å². The quantitative estimate of drug-likeness (QED) is 0.661. The van der Waals surface area contributed by atoms with Crippen LogP contribution in [0.25, 0.3) is 11.3 Å². The number of ether oxygens (including phenoxy) is 1. The Morgan fingerprint density at radius 1 is 1.22 bits per heavy atom. The van der Waals surface area contributed by atoms with E-state index in [-0.39, 0.29) is 11.4 Å². The molecule has 1 N–H and O–H groups in total. The van der Waals surface area contributed by atoms with Crippen LogP contribution in [0.5, 0.6) is 5.88 Å². The van der Waals surface area contributed by atoms with Gasteiger partial charge in [0.25, 0.3) is 11.5 Å². The molecule has 3 heterocycles. The molecule has 4 rings (SSSR count). The van der Waals surface area contributed by atoms with Crippen LogP contribution in [-0.2, 0) is 6.18 Å². The maximum absolute atomic E-state index is 13.1. The fourth-order valence-corrected chi connectivity index (χ4v) is 3.81. The van der Waals surface area contributed by atoms with Crippen LogP contribution in [0.15, 0.2) is 53.5 Å². The van der Waals surface area contributed by atoms with Crippen LogP contribution < -0.4 is 10.3 Å². The molecule has 1 aromatic carbocycles. The smallest absolute Gasteiger partial charge is 0.416 e. The van der Waals surface area contributed by atoms with Gasteiger partial charge in [-0.2, -0.15) is 13.2 Å². The molecule has 0 radical (unpaired) electrons. The normalized spacial score (nSPS) is 16.2. The highest BCUT2D eigenvalue weighted by molar-refractivity contribution is 5.94. The first-order chi connectivity index (χ1) is 15.3. The fourth-order valence-electron chi connectivity index (χ4n) is 3.81. The van der Waals surface area contributed by atoms with Crippen molar-refractivity contribution in [3.63, 3.8) is 0 Å². The van der Waals surface area contributed by atoms with Crippen molar-refractivity contribution in [2.75, 3.05) is 13.7 Å². The van der Waals surface area contributed by atoms with Gasteiger partial charge in [-0.3, -0.25) is 9.59 Å². The van der Waals surface area contributed by atoms with Gasteiger partial charge in [-0.15, -0.1) is 0 Å². The van der Waals surface area contributed by atoms with Gasteiger partial charge in [0.1, 0.15) is 5.82 Å². The second-order valence-electron chi connectivity index (χ2n) is 7.31. The number of hydrogen-bond acceptors (Lipinski definition) is 5. The molecule has 0 bridgehead atoms. The molecule has 32 heavy (non-hydrogen) atoms. The summed E-state index contributed by atoms with van der Waals surface area (Å²) < 4.78 is 44.5. The van der Waals surface area contributed by atoms with Crippen LogP contribution >= 0.6 is 0 Å². The van der Waals surface area contributed by atoms with Gasteiger partial charge in [0.2, 0.25) is 5.88 Å². The number of aromatic nitrogens is 3. The van der Waals surface area contributed by atoms with Gasteiger partial charge in [0, 0.05) is 24.4 Å². The third-order valence-electron chi connectivity index (χ3n) is 5.27. The average molecular weight is 444 g/mol. The van der Waals surface area contributed by atoms with Crippen LogP contribution in [-0.4, -0.2) is 39.4 Å². The number of alkyl halides is 3. The Hall–Kier alpha value is -3.69. The second kappa shape index (κ2) is 8.45. The Balaban J connectivity index is 1.69. The number of rotatable bonds is 4. The van der Waals surface area contributed by atoms with E-state index in [9.17, 15) is 22.8 Å². The van der Waals surface area contributed by atoms with Crippen LogP contribution in [0, 0.1) is 0 Å². The molecule has 3 aromatic rings. The van der Waals surface area contributed by atoms with Crippen molar-refractivity contribution in [1.29, 1.82) is 0 Å². The number of pyridine rings is 1. The lowest BCUT2D eigenvalue weighted by atomic mass is 10.1. The summed E-state index contributed by atoms with van der Waals surface area (Å²) in [5, 5.41) is 0. The number of nitrogens with zero attached hydrogens (tertiary/aromatic N) is 3. The van der Waals surface area contributed by atoms with E-state index in [1.807, 2.05) is 0 Å². The molecule has 10 heteroatoms. The van der Waals surface area contributed by atoms with Gasteiger partial charge in [-0.05, 0) is 43.2 Å². The molecular formula is C22H19F3N4O3. The van der Waals surface area contributed by atoms with Crippen molar-refractivity contribution >= 4 is 5.91 Å². The molecule has 1 saturated heterocycles. The zero-order chi connectivity index (χ0) is 22.9. The first kappa shape index (κ1) is 21.5. The van der Waals surface area contributed by atoms with E-state index in [2.05, 4.69) is 15.0 Å². The zero-order valence-electron chi connectivity index (χ0n) is 17.0. The van der Waals surface area contributed by atoms with Crippen molar-refractivity contribution in [2.45, 2.75) is 25.1 Å². The predicted octanol–water partition coefficient (Wildman–Crippen LogP) is 3.84. The van der Waals surface area contributed by atoms with Crippen LogP contribution in [0.2, 0.25) is 0 Å². The molecule has 166 valence electrons. The summed E-state index contributed by atoms with van der Waals surface area (Å²) in [6.07, 6.45) is -1.87. The SMILES string of the molecule is COc1ncccc1-c1cc(=O)[nH]c([C@@H]2CCCN2C(=O)c2cccc(C(F)(F)F)c2)n1. The summed E-state index contributed by atoms with van der Waals surface area (Å²) in [6, 6.07) is 8.42. The predicted molar refractivity (Wildman–Crippen MR) is 109 cm³/mol. The summed E-state index contributed by atoms with van der Waals surface area (Å²) in [5.74, 6) is 0.00159. The van der Waals surface area contributed by atoms with Crippen molar-refractivity contribution in [3.05, 3.63) is 76.0 Å². The second-order valence-corrected chi connectivity index (χ2v) is 7.31. The average Bonchev–Trinajstić information content (AvgIpc) is 3.27. The maximum atomic E-state index is 13.1. The highest BCUT2D eigenvalue weighted by Crippen LogP contribution is 2.34. The van der Waals surface area contributed by atoms with Crippen molar-refractivity contribution < 1.29 is 22.7 Å². The Labute approximate surface area is 180 Å². The number of halogens is 3. The van der Waals surface area contributed by atoms with Crippen LogP contribution in [0.4, 0.5) is 13.2 Å². The first-order valence-electron chi connectivity index (χ1n) is 9.87. The first-order valence-corrected chi connectivity index (χ1v) is 9.87. The van der Waals surface area contributed by atoms with Gasteiger partial charge < -0.3 is 14.6 Å². The molecule has 7 nitrogen and oxygen atoms in total. The van der Waals surface area contributed by atoms with E-state index in [4.69, 9.17) is 4.74 Å². The Kier molecular flexibility index (Phi) is 5.68. The van der Waals surface area contributed by atoms with E-state index in [1.165, 1.54) is 30.2 Å². The van der Waals surface area contributed by atoms with Crippen molar-refractivity contribution in [3.8, 4) is 17.1 Å². The van der Waals surface area contributed by atoms with Crippen molar-refractivity contribution in [1.82, 2.24) is 19.9 Å². The molecule has 1 amide bonds. The number of amides is 1. The van der Waals surface area contributed by atoms with Gasteiger partial charge in [-0.25, -0.2) is 9.97 Å². The number of methoxy groups -OCH3 is 1. The van der Waals surface area contributed by atoms with E-state index in [0.29, 0.717) is 36.5 Å². The monoisotopic (exact) mass is 444 g/mol. The molecule has 1 aliphatic rings. The van der Waals surface area contributed by atoms with Gasteiger partial charge in [0.05, 0.1) is 30.0 Å². The minimum atomic E-state index is -4.55. The Morgan fingerprint density at radius 2 is 2.03 bits per heavy atom. The highest BCUT2D eigenvalue weighted by Gasteiger charge is 2.35. The van der Waals surface area contributed by atoms with E-state index < -0.39 is 29.2 Å². The standard InChI is InChI=1S/C22H19F3N4O3/c1-32-20-15(7-3-9-26-20)16-12-18(30)28-19(27-16)17-8-4-10-29(17)21(31)13-5-2-6-14(11-13)22(23,24)25/h2-3,5-7,9,11-12,17H,4,8,10H2,1H3,(H,27,28,30)/t17-/m0/s1. The lowest BCUT2D eigenvalue weighted by Gasteiger charge is -2.24. The number of benzene rings is 1. The number of carbonyl (C=O) groups is 1. The number of H-pyrrole nitrogens is 1. The minimum Gasteiger partial charge on any atom is -0.481 e. The molecular weight excluding hydrogens is 425 g/mol. The van der Waals surface area contributed by atoms with E-state index in [1.54, 1.807) is 18.3 Å². The fraction of sp³-hybridized carbons (Fsp3) is 0.273. The number of aromatic amines is 1. The number of hydrogen-bond donors (Lipinski definition) is 1. The molecule has 0 spiro atoms. The molecule has 2 aromatic heterocycles. The van der Waals surface area contributed by atoms with Crippen LogP contribution in [0.1, 0.15) is 40.6 Å². The number of carbonyl (C=O) groups excluding carboxylic acids is 1. The van der Waals surface area contributed by atoms with E-state index in [0.717, 1.165) is 12.1 Å². The van der Waals surface area contributed by atoms with E-state index >= 15 is 0 Å². The van der Waals surface area contributed by atoms with Crippen LogP contribution in [0.3, 0.4) is 0 Å². The summed E-state index contributed by atoms with van der Waals surface area (Å²) >= 11 is 0. The molecule has 1 atom stereocenters. The lowest BCUT2D eigenvalue weighted by molar-refractivity contribution is -0.137. The number of likely N-dealkylation sites (tertiary alicyclic amines) is 1. The summed E-state index contributed by atoms with van der Waals surface area (Å²) in [4.78, 5) is 38.2. The largest absolute Gasteiger partial charge is 0.481 e. The van der Waals surface area contributed by atoms with Gasteiger partial charge in [-0.1, -0.05) is 6.07 Å². The zero-order valence-corrected chi connectivity index (χ0v) is 17.0. The van der Waals surface area contributed by atoms with Gasteiger partial charge in [0.15, 0.2) is 0 Å². The maximum Gasteiger partial charge on any atom is 0.416 e. The minimum absolute atomic E-state index is 0.0702. The summed E-state index contributed by atoms with van der Waals surface area (Å²) in [7, 11) is 1.45. The summed E-state index contributed by atoms with van der Waals surface area (Å²) in [6.45, 7) is 0.337. The Bertz CT molecular complexity index is 1210. The third-order valence-corrected chi connectivity index (χ3v) is 5.27. The third kappa shape index (κ3) is 4.20. The Morgan fingerprint density at radius 3 is 2.78 bits per heavy atom. The number of nitrogens with one attached hydrogen (secondary N) is 1. The molecule has 1 fully saturated rings. The molecule has 1 aliphatic heterocycles.